The smallest absolute Gasteiger partial charge is 0.267 e. The molecule has 0 unspecified atom stereocenters. The van der Waals surface area contributed by atoms with Crippen molar-refractivity contribution < 1.29 is 9.53 Å². The number of nitrogens with zero attached hydrogens (tertiary/aromatic N) is 3. The van der Waals surface area contributed by atoms with Crippen molar-refractivity contribution in [1.82, 2.24) is 9.55 Å². The number of hydrogen-bond donors (Lipinski definition) is 1. The molecule has 0 aliphatic heterocycles. The van der Waals surface area contributed by atoms with Crippen LogP contribution in [0.15, 0.2) is 54.7 Å². The minimum atomic E-state index is -0.609. The van der Waals surface area contributed by atoms with E-state index in [-0.39, 0.29) is 5.69 Å². The number of hydrogen-bond acceptors (Lipinski definition) is 4. The lowest BCUT2D eigenvalue weighted by Crippen LogP contribution is -2.14. The van der Waals surface area contributed by atoms with Gasteiger partial charge in [0.1, 0.15) is 29.8 Å². The third-order valence-electron chi connectivity index (χ3n) is 5.67. The van der Waals surface area contributed by atoms with E-state index in [0.29, 0.717) is 29.7 Å². The second-order valence-electron chi connectivity index (χ2n) is 7.71. The molecule has 4 aromatic rings. The van der Waals surface area contributed by atoms with Crippen molar-refractivity contribution in [2.45, 2.75) is 33.9 Å². The highest BCUT2D eigenvalue weighted by Gasteiger charge is 2.21. The largest absolute Gasteiger partial charge is 0.489 e. The number of benzene rings is 2. The highest BCUT2D eigenvalue weighted by molar-refractivity contribution is 6.03. The SMILES string of the molecule is CCn1cc(C#N)c2c(-c3c(C)ccc(OCc4ccccc4)c3C)cc(C(N)=O)nc21. The van der Waals surface area contributed by atoms with E-state index in [0.717, 1.165) is 33.6 Å². The van der Waals surface area contributed by atoms with Crippen LogP contribution in [-0.4, -0.2) is 15.5 Å². The second-order valence-corrected chi connectivity index (χ2v) is 7.71. The molecular formula is C26H24N4O2. The summed E-state index contributed by atoms with van der Waals surface area (Å²) in [4.78, 5) is 16.5. The van der Waals surface area contributed by atoms with Crippen LogP contribution in [-0.2, 0) is 13.2 Å². The summed E-state index contributed by atoms with van der Waals surface area (Å²) in [5.41, 5.74) is 11.5. The fraction of sp³-hybridized carbons (Fsp3) is 0.192. The van der Waals surface area contributed by atoms with Gasteiger partial charge in [-0.05, 0) is 60.7 Å². The fourth-order valence-corrected chi connectivity index (χ4v) is 4.07. The van der Waals surface area contributed by atoms with E-state index in [1.165, 1.54) is 0 Å². The molecular weight excluding hydrogens is 400 g/mol. The Morgan fingerprint density at radius 1 is 1.19 bits per heavy atom. The van der Waals surface area contributed by atoms with E-state index < -0.39 is 5.91 Å². The van der Waals surface area contributed by atoms with Crippen LogP contribution >= 0.6 is 0 Å². The average molecular weight is 425 g/mol. The Labute approximate surface area is 186 Å². The van der Waals surface area contributed by atoms with Gasteiger partial charge in [-0.25, -0.2) is 4.98 Å². The second kappa shape index (κ2) is 8.56. The maximum absolute atomic E-state index is 12.1. The number of ether oxygens (including phenoxy) is 1. The number of aryl methyl sites for hydroxylation is 2. The third kappa shape index (κ3) is 3.69. The maximum Gasteiger partial charge on any atom is 0.267 e. The maximum atomic E-state index is 12.1. The van der Waals surface area contributed by atoms with Gasteiger partial charge in [0.25, 0.3) is 5.91 Å². The van der Waals surface area contributed by atoms with E-state index >= 15 is 0 Å². The molecule has 1 amide bonds. The van der Waals surface area contributed by atoms with Gasteiger partial charge in [-0.2, -0.15) is 5.26 Å². The Morgan fingerprint density at radius 3 is 2.59 bits per heavy atom. The molecule has 0 aliphatic carbocycles. The molecule has 0 saturated carbocycles. The van der Waals surface area contributed by atoms with Gasteiger partial charge in [-0.15, -0.1) is 0 Å². The normalized spacial score (nSPS) is 10.8. The number of carbonyl (C=O) groups excluding carboxylic acids is 1. The molecule has 0 fully saturated rings. The quantitative estimate of drug-likeness (QED) is 0.477. The Bertz CT molecular complexity index is 1360. The van der Waals surface area contributed by atoms with Gasteiger partial charge in [-0.3, -0.25) is 4.79 Å². The molecule has 6 heteroatoms. The van der Waals surface area contributed by atoms with Gasteiger partial charge in [0, 0.05) is 18.1 Å². The Balaban J connectivity index is 1.92. The highest BCUT2D eigenvalue weighted by atomic mass is 16.5. The molecule has 32 heavy (non-hydrogen) atoms. The first-order chi connectivity index (χ1) is 15.4. The number of nitrogens with two attached hydrogens (primary N) is 1. The first-order valence-electron chi connectivity index (χ1n) is 10.5. The van der Waals surface area contributed by atoms with Crippen molar-refractivity contribution in [3.05, 3.63) is 82.7 Å². The molecule has 2 N–H and O–H groups in total. The molecule has 0 atom stereocenters. The van der Waals surface area contributed by atoms with Gasteiger partial charge >= 0.3 is 0 Å². The molecule has 0 aliphatic rings. The summed E-state index contributed by atoms with van der Waals surface area (Å²) in [5, 5.41) is 10.5. The van der Waals surface area contributed by atoms with E-state index in [1.54, 1.807) is 12.3 Å². The zero-order valence-corrected chi connectivity index (χ0v) is 18.3. The summed E-state index contributed by atoms with van der Waals surface area (Å²) < 4.78 is 8.00. The van der Waals surface area contributed by atoms with Crippen molar-refractivity contribution >= 4 is 16.9 Å². The number of amides is 1. The molecule has 0 radical (unpaired) electrons. The molecule has 2 heterocycles. The Morgan fingerprint density at radius 2 is 1.94 bits per heavy atom. The number of aromatic nitrogens is 2. The number of fused-ring (bicyclic) bond motifs is 1. The first-order valence-corrected chi connectivity index (χ1v) is 10.5. The van der Waals surface area contributed by atoms with Crippen molar-refractivity contribution in [2.75, 3.05) is 0 Å². The van der Waals surface area contributed by atoms with Crippen LogP contribution in [0.2, 0.25) is 0 Å². The molecule has 2 aromatic carbocycles. The van der Waals surface area contributed by atoms with Crippen LogP contribution in [0.25, 0.3) is 22.2 Å². The number of nitriles is 1. The predicted molar refractivity (Wildman–Crippen MR) is 124 cm³/mol. The molecule has 0 bridgehead atoms. The fourth-order valence-electron chi connectivity index (χ4n) is 4.07. The van der Waals surface area contributed by atoms with E-state index in [1.807, 2.05) is 67.8 Å². The minimum absolute atomic E-state index is 0.166. The first kappa shape index (κ1) is 21.1. The number of primary amides is 1. The third-order valence-corrected chi connectivity index (χ3v) is 5.67. The zero-order valence-electron chi connectivity index (χ0n) is 18.3. The number of carbonyl (C=O) groups is 1. The lowest BCUT2D eigenvalue weighted by molar-refractivity contribution is 0.0996. The topological polar surface area (TPSA) is 93.9 Å². The zero-order chi connectivity index (χ0) is 22.8. The van der Waals surface area contributed by atoms with Gasteiger partial charge in [0.15, 0.2) is 0 Å². The van der Waals surface area contributed by atoms with Gasteiger partial charge in [0.2, 0.25) is 0 Å². The van der Waals surface area contributed by atoms with Gasteiger partial charge in [-0.1, -0.05) is 36.4 Å². The van der Waals surface area contributed by atoms with Gasteiger partial charge in [0.05, 0.1) is 5.56 Å². The molecule has 160 valence electrons. The van der Waals surface area contributed by atoms with Crippen molar-refractivity contribution in [3.63, 3.8) is 0 Å². The molecule has 0 saturated heterocycles. The van der Waals surface area contributed by atoms with E-state index in [2.05, 4.69) is 11.1 Å². The lowest BCUT2D eigenvalue weighted by atomic mass is 9.92. The van der Waals surface area contributed by atoms with Crippen LogP contribution in [0, 0.1) is 25.2 Å². The van der Waals surface area contributed by atoms with E-state index in [9.17, 15) is 10.1 Å². The molecule has 6 nitrogen and oxygen atoms in total. The van der Waals surface area contributed by atoms with Crippen LogP contribution in [0.4, 0.5) is 0 Å². The summed E-state index contributed by atoms with van der Waals surface area (Å²) >= 11 is 0. The lowest BCUT2D eigenvalue weighted by Gasteiger charge is -2.17. The minimum Gasteiger partial charge on any atom is -0.489 e. The molecule has 2 aromatic heterocycles. The molecule has 0 spiro atoms. The summed E-state index contributed by atoms with van der Waals surface area (Å²) in [6.07, 6.45) is 1.77. The average Bonchev–Trinajstić information content (AvgIpc) is 3.17. The van der Waals surface area contributed by atoms with Crippen LogP contribution < -0.4 is 10.5 Å². The summed E-state index contributed by atoms with van der Waals surface area (Å²) in [6.45, 7) is 7.01. The Hall–Kier alpha value is -4.11. The monoisotopic (exact) mass is 424 g/mol. The summed E-state index contributed by atoms with van der Waals surface area (Å²) in [7, 11) is 0. The summed E-state index contributed by atoms with van der Waals surface area (Å²) in [6, 6.07) is 17.9. The predicted octanol–water partition coefficient (Wildman–Crippen LogP) is 4.89. The van der Waals surface area contributed by atoms with Crippen LogP contribution in [0.3, 0.4) is 0 Å². The summed E-state index contributed by atoms with van der Waals surface area (Å²) in [5.74, 6) is 0.135. The number of pyridine rings is 1. The Kier molecular flexibility index (Phi) is 5.65. The highest BCUT2D eigenvalue weighted by Crippen LogP contribution is 2.39. The van der Waals surface area contributed by atoms with Crippen molar-refractivity contribution in [2.24, 2.45) is 5.73 Å². The van der Waals surface area contributed by atoms with E-state index in [4.69, 9.17) is 10.5 Å². The molecule has 4 rings (SSSR count). The number of rotatable bonds is 6. The van der Waals surface area contributed by atoms with Crippen LogP contribution in [0.5, 0.6) is 5.75 Å². The van der Waals surface area contributed by atoms with Crippen molar-refractivity contribution in [1.29, 1.82) is 5.26 Å². The van der Waals surface area contributed by atoms with Gasteiger partial charge < -0.3 is 15.0 Å². The standard InChI is InChI=1S/C26H24N4O2/c1-4-30-14-19(13-27)24-20(12-21(25(28)31)29-26(24)30)23-16(2)10-11-22(17(23)3)32-15-18-8-6-5-7-9-18/h5-12,14H,4,15H2,1-3H3,(H2,28,31). The van der Waals surface area contributed by atoms with Crippen molar-refractivity contribution in [3.8, 4) is 22.9 Å². The van der Waals surface area contributed by atoms with Crippen LogP contribution in [0.1, 0.15) is 39.7 Å².